The van der Waals surface area contributed by atoms with Crippen molar-refractivity contribution < 1.29 is 4.74 Å². The van der Waals surface area contributed by atoms with E-state index in [0.717, 1.165) is 22.3 Å². The second-order valence-corrected chi connectivity index (χ2v) is 4.43. The predicted molar refractivity (Wildman–Crippen MR) is 82.9 cm³/mol. The fourth-order valence-electron chi connectivity index (χ4n) is 1.94. The summed E-state index contributed by atoms with van der Waals surface area (Å²) in [6, 6.07) is 15.1. The lowest BCUT2D eigenvalue weighted by Gasteiger charge is -2.01. The average molecular weight is 275 g/mol. The van der Waals surface area contributed by atoms with Gasteiger partial charge < -0.3 is 10.5 Å². The van der Waals surface area contributed by atoms with Gasteiger partial charge in [-0.2, -0.15) is 0 Å². The summed E-state index contributed by atoms with van der Waals surface area (Å²) in [5, 5.41) is 0. The lowest BCUT2D eigenvalue weighted by Crippen LogP contribution is -1.98. The van der Waals surface area contributed by atoms with Gasteiger partial charge in [-0.05, 0) is 36.3 Å². The van der Waals surface area contributed by atoms with Gasteiger partial charge in [-0.25, -0.2) is 9.97 Å². The molecule has 0 spiro atoms. The van der Waals surface area contributed by atoms with Gasteiger partial charge in [-0.15, -0.1) is 0 Å². The van der Waals surface area contributed by atoms with Crippen molar-refractivity contribution in [1.29, 1.82) is 0 Å². The van der Waals surface area contributed by atoms with Crippen LogP contribution in [0.2, 0.25) is 0 Å². The minimum Gasteiger partial charge on any atom is -0.497 e. The number of nitrogen functional groups attached to an aromatic ring is 1. The van der Waals surface area contributed by atoms with Crippen LogP contribution in [0.25, 0.3) is 11.0 Å². The van der Waals surface area contributed by atoms with Crippen molar-refractivity contribution in [3.05, 3.63) is 59.8 Å². The van der Waals surface area contributed by atoms with Gasteiger partial charge in [0, 0.05) is 5.56 Å². The van der Waals surface area contributed by atoms with Gasteiger partial charge >= 0.3 is 0 Å². The molecular formula is C17H13N3O. The van der Waals surface area contributed by atoms with Gasteiger partial charge in [0.25, 0.3) is 0 Å². The Morgan fingerprint density at radius 3 is 2.48 bits per heavy atom. The largest absolute Gasteiger partial charge is 0.497 e. The summed E-state index contributed by atoms with van der Waals surface area (Å²) in [5.41, 5.74) is 8.77. The van der Waals surface area contributed by atoms with Crippen LogP contribution in [0, 0.1) is 11.8 Å². The van der Waals surface area contributed by atoms with E-state index in [1.165, 1.54) is 0 Å². The van der Waals surface area contributed by atoms with E-state index < -0.39 is 0 Å². The molecule has 0 radical (unpaired) electrons. The van der Waals surface area contributed by atoms with E-state index in [1.54, 1.807) is 7.11 Å². The first kappa shape index (κ1) is 12.9. The van der Waals surface area contributed by atoms with Crippen LogP contribution in [0.4, 0.5) is 5.82 Å². The van der Waals surface area contributed by atoms with Crippen LogP contribution in [0.5, 0.6) is 5.75 Å². The number of fused-ring (bicyclic) bond motifs is 1. The fourth-order valence-corrected chi connectivity index (χ4v) is 1.94. The monoisotopic (exact) mass is 275 g/mol. The highest BCUT2D eigenvalue weighted by molar-refractivity contribution is 5.77. The Hall–Kier alpha value is -3.06. The van der Waals surface area contributed by atoms with Crippen molar-refractivity contribution in [3.63, 3.8) is 0 Å². The van der Waals surface area contributed by atoms with Crippen molar-refractivity contribution >= 4 is 16.9 Å². The molecule has 3 rings (SSSR count). The zero-order valence-corrected chi connectivity index (χ0v) is 11.5. The second-order valence-electron chi connectivity index (χ2n) is 4.43. The Balaban J connectivity index is 2.01. The molecule has 0 saturated heterocycles. The van der Waals surface area contributed by atoms with Gasteiger partial charge in [0.1, 0.15) is 5.75 Å². The Morgan fingerprint density at radius 1 is 0.952 bits per heavy atom. The van der Waals surface area contributed by atoms with E-state index in [-0.39, 0.29) is 0 Å². The number of hydrogen-bond donors (Lipinski definition) is 1. The topological polar surface area (TPSA) is 61.0 Å². The molecule has 21 heavy (non-hydrogen) atoms. The molecule has 0 aliphatic heterocycles. The van der Waals surface area contributed by atoms with Crippen LogP contribution < -0.4 is 10.5 Å². The number of hydrogen-bond acceptors (Lipinski definition) is 4. The number of anilines is 1. The molecule has 0 unspecified atom stereocenters. The summed E-state index contributed by atoms with van der Waals surface area (Å²) in [6.07, 6.45) is 0. The second kappa shape index (κ2) is 5.51. The third-order valence-electron chi connectivity index (χ3n) is 2.99. The quantitative estimate of drug-likeness (QED) is 0.693. The number of para-hydroxylation sites is 2. The smallest absolute Gasteiger partial charge is 0.158 e. The molecular weight excluding hydrogens is 262 g/mol. The summed E-state index contributed by atoms with van der Waals surface area (Å²) in [5.74, 6) is 7.10. The van der Waals surface area contributed by atoms with E-state index in [4.69, 9.17) is 10.5 Å². The molecule has 3 aromatic rings. The summed E-state index contributed by atoms with van der Waals surface area (Å²) < 4.78 is 5.17. The molecule has 0 atom stereocenters. The zero-order chi connectivity index (χ0) is 14.7. The van der Waals surface area contributed by atoms with Crippen LogP contribution in [0.3, 0.4) is 0 Å². The summed E-state index contributed by atoms with van der Waals surface area (Å²) in [6.45, 7) is 0. The maximum atomic E-state index is 5.91. The van der Waals surface area contributed by atoms with Crippen molar-refractivity contribution in [3.8, 4) is 17.6 Å². The van der Waals surface area contributed by atoms with Crippen LogP contribution in [0.15, 0.2) is 48.5 Å². The number of nitrogens with two attached hydrogens (primary N) is 1. The van der Waals surface area contributed by atoms with Crippen molar-refractivity contribution in [1.82, 2.24) is 9.97 Å². The third kappa shape index (κ3) is 2.77. The maximum absolute atomic E-state index is 5.91. The highest BCUT2D eigenvalue weighted by atomic mass is 16.5. The van der Waals surface area contributed by atoms with Crippen molar-refractivity contribution in [2.45, 2.75) is 0 Å². The summed E-state index contributed by atoms with van der Waals surface area (Å²) in [4.78, 5) is 8.75. The van der Waals surface area contributed by atoms with Crippen LogP contribution in [0.1, 0.15) is 11.3 Å². The number of nitrogens with zero attached hydrogens (tertiary/aromatic N) is 2. The Kier molecular flexibility index (Phi) is 3.40. The summed E-state index contributed by atoms with van der Waals surface area (Å²) in [7, 11) is 1.62. The van der Waals surface area contributed by atoms with Crippen molar-refractivity contribution in [2.24, 2.45) is 0 Å². The lowest BCUT2D eigenvalue weighted by molar-refractivity contribution is 0.414. The highest BCUT2D eigenvalue weighted by Crippen LogP contribution is 2.14. The van der Waals surface area contributed by atoms with E-state index in [0.29, 0.717) is 11.5 Å². The average Bonchev–Trinajstić information content (AvgIpc) is 2.53. The van der Waals surface area contributed by atoms with E-state index in [9.17, 15) is 0 Å². The van der Waals surface area contributed by atoms with E-state index in [1.807, 2.05) is 48.5 Å². The van der Waals surface area contributed by atoms with Crippen LogP contribution in [-0.4, -0.2) is 17.1 Å². The maximum Gasteiger partial charge on any atom is 0.158 e. The number of benzene rings is 2. The summed E-state index contributed by atoms with van der Waals surface area (Å²) >= 11 is 0. The molecule has 0 aliphatic carbocycles. The first-order valence-corrected chi connectivity index (χ1v) is 6.44. The normalized spacial score (nSPS) is 9.95. The minimum atomic E-state index is 0.337. The predicted octanol–water partition coefficient (Wildman–Crippen LogP) is 2.62. The van der Waals surface area contributed by atoms with Gasteiger partial charge in [0.2, 0.25) is 0 Å². The fraction of sp³-hybridized carbons (Fsp3) is 0.0588. The van der Waals surface area contributed by atoms with Crippen LogP contribution in [-0.2, 0) is 0 Å². The SMILES string of the molecule is COc1cccc(C#Cc2nc3ccccc3nc2N)c1. The van der Waals surface area contributed by atoms with Gasteiger partial charge in [0.15, 0.2) is 11.5 Å². The standard InChI is InChI=1S/C17H13N3O/c1-21-13-6-4-5-12(11-13)9-10-16-17(18)20-15-8-3-2-7-14(15)19-16/h2-8,11H,1H3,(H2,18,20). The number of methoxy groups -OCH3 is 1. The molecule has 1 heterocycles. The first-order valence-electron chi connectivity index (χ1n) is 6.44. The molecule has 2 N–H and O–H groups in total. The number of ether oxygens (including phenoxy) is 1. The molecule has 0 saturated carbocycles. The highest BCUT2D eigenvalue weighted by Gasteiger charge is 2.02. The van der Waals surface area contributed by atoms with Crippen molar-refractivity contribution in [2.75, 3.05) is 12.8 Å². The lowest BCUT2D eigenvalue weighted by atomic mass is 10.2. The molecule has 0 bridgehead atoms. The Bertz CT molecular complexity index is 863. The molecule has 0 fully saturated rings. The van der Waals surface area contributed by atoms with Gasteiger partial charge in [-0.3, -0.25) is 0 Å². The first-order chi connectivity index (χ1) is 10.3. The van der Waals surface area contributed by atoms with E-state index >= 15 is 0 Å². The third-order valence-corrected chi connectivity index (χ3v) is 2.99. The molecule has 4 heteroatoms. The molecule has 102 valence electrons. The van der Waals surface area contributed by atoms with Crippen LogP contribution >= 0.6 is 0 Å². The van der Waals surface area contributed by atoms with E-state index in [2.05, 4.69) is 21.8 Å². The van der Waals surface area contributed by atoms with Gasteiger partial charge in [0.05, 0.1) is 18.1 Å². The zero-order valence-electron chi connectivity index (χ0n) is 11.5. The molecule has 1 aromatic heterocycles. The van der Waals surface area contributed by atoms with Gasteiger partial charge in [-0.1, -0.05) is 24.1 Å². The molecule has 2 aromatic carbocycles. The number of aromatic nitrogens is 2. The Morgan fingerprint density at radius 2 is 1.71 bits per heavy atom. The molecule has 0 aliphatic rings. The molecule has 0 amide bonds. The minimum absolute atomic E-state index is 0.337. The Labute approximate surface area is 122 Å². The molecule has 4 nitrogen and oxygen atoms in total. The number of rotatable bonds is 1.